The van der Waals surface area contributed by atoms with Gasteiger partial charge in [0.2, 0.25) is 0 Å². The summed E-state index contributed by atoms with van der Waals surface area (Å²) in [5, 5.41) is 10.7. The zero-order valence-corrected chi connectivity index (χ0v) is 17.8. The van der Waals surface area contributed by atoms with Gasteiger partial charge in [0, 0.05) is 5.75 Å². The monoisotopic (exact) mass is 368 g/mol. The summed E-state index contributed by atoms with van der Waals surface area (Å²) in [7, 11) is -1.78. The third kappa shape index (κ3) is 4.28. The first-order valence-corrected chi connectivity index (χ1v) is 12.8. The van der Waals surface area contributed by atoms with Gasteiger partial charge in [0.15, 0.2) is 8.32 Å². The molecule has 1 spiro atoms. The van der Waals surface area contributed by atoms with E-state index in [2.05, 4.69) is 52.6 Å². The van der Waals surface area contributed by atoms with E-state index >= 15 is 0 Å². The van der Waals surface area contributed by atoms with Crippen LogP contribution in [0.3, 0.4) is 0 Å². The molecule has 1 heterocycles. The van der Waals surface area contributed by atoms with Gasteiger partial charge >= 0.3 is 0 Å². The smallest absolute Gasteiger partial charge is 0.193 e. The third-order valence-corrected chi connectivity index (χ3v) is 11.6. The molecule has 2 atom stereocenters. The van der Waals surface area contributed by atoms with E-state index in [4.69, 9.17) is 9.16 Å². The van der Waals surface area contributed by atoms with Crippen LogP contribution in [0.15, 0.2) is 11.1 Å². The van der Waals surface area contributed by atoms with Gasteiger partial charge in [0.1, 0.15) is 11.0 Å². The Balaban J connectivity index is 2.01. The van der Waals surface area contributed by atoms with Crippen LogP contribution >= 0.6 is 11.8 Å². The van der Waals surface area contributed by atoms with Gasteiger partial charge in [-0.15, -0.1) is 11.8 Å². The minimum atomic E-state index is -1.78. The molecule has 1 aliphatic heterocycles. The highest BCUT2D eigenvalue weighted by atomic mass is 32.2. The van der Waals surface area contributed by atoms with Gasteiger partial charge < -0.3 is 14.3 Å². The fraction of sp³-hybridized carbons (Fsp3) is 0.789. The normalized spacial score (nSPS) is 26.5. The number of rotatable bonds is 3. The summed E-state index contributed by atoms with van der Waals surface area (Å²) in [6.07, 6.45) is 2.31. The van der Waals surface area contributed by atoms with Crippen molar-refractivity contribution in [2.45, 2.75) is 76.1 Å². The first kappa shape index (κ1) is 20.1. The van der Waals surface area contributed by atoms with Crippen molar-refractivity contribution in [2.24, 2.45) is 0 Å². The summed E-state index contributed by atoms with van der Waals surface area (Å²) in [4.78, 5) is -0.201. The predicted octanol–water partition coefficient (Wildman–Crippen LogP) is 4.33. The van der Waals surface area contributed by atoms with Crippen molar-refractivity contribution in [3.63, 3.8) is 0 Å². The molecule has 0 aromatic carbocycles. The molecular weight excluding hydrogens is 336 g/mol. The summed E-state index contributed by atoms with van der Waals surface area (Å²) < 4.78 is 12.1. The lowest BCUT2D eigenvalue weighted by Gasteiger charge is -2.35. The molecule has 2 rings (SSSR count). The Morgan fingerprint density at radius 2 is 2.12 bits per heavy atom. The van der Waals surface area contributed by atoms with Crippen molar-refractivity contribution in [2.75, 3.05) is 19.0 Å². The van der Waals surface area contributed by atoms with Crippen molar-refractivity contribution in [3.05, 3.63) is 11.1 Å². The average molecular weight is 369 g/mol. The van der Waals surface area contributed by atoms with Crippen LogP contribution in [0.4, 0.5) is 0 Å². The lowest BCUT2D eigenvalue weighted by atomic mass is 9.87. The van der Waals surface area contributed by atoms with Crippen LogP contribution in [0, 0.1) is 11.8 Å². The molecule has 2 aliphatic rings. The van der Waals surface area contributed by atoms with Crippen LogP contribution in [-0.4, -0.2) is 43.4 Å². The van der Waals surface area contributed by atoms with Gasteiger partial charge in [-0.05, 0) is 55.5 Å². The Kier molecular flexibility index (Phi) is 6.31. The number of aliphatic hydroxyl groups excluding tert-OH is 1. The molecule has 0 bridgehead atoms. The van der Waals surface area contributed by atoms with Crippen LogP contribution in [0.1, 0.15) is 47.0 Å². The van der Waals surface area contributed by atoms with Gasteiger partial charge in [0.05, 0.1) is 13.2 Å². The maximum absolute atomic E-state index is 10.5. The van der Waals surface area contributed by atoms with E-state index < -0.39 is 14.4 Å². The van der Waals surface area contributed by atoms with E-state index in [9.17, 15) is 5.11 Å². The second kappa shape index (κ2) is 7.55. The Hall–Kier alpha value is -0.253. The van der Waals surface area contributed by atoms with E-state index in [-0.39, 0.29) is 9.97 Å². The second-order valence-corrected chi connectivity index (χ2v) is 14.4. The first-order chi connectivity index (χ1) is 11.1. The summed E-state index contributed by atoms with van der Waals surface area (Å²) in [5.74, 6) is 7.07. The van der Waals surface area contributed by atoms with E-state index in [0.717, 1.165) is 37.2 Å². The number of hydrogen-bond donors (Lipinski definition) is 1. The Morgan fingerprint density at radius 1 is 1.42 bits per heavy atom. The van der Waals surface area contributed by atoms with Crippen LogP contribution in [0.2, 0.25) is 18.1 Å². The molecular formula is C19H32O3SSi. The lowest BCUT2D eigenvalue weighted by Crippen LogP contribution is -2.40. The number of ether oxygens (including phenoxy) is 1. The van der Waals surface area contributed by atoms with Crippen molar-refractivity contribution in [1.82, 2.24) is 0 Å². The molecule has 0 radical (unpaired) electrons. The fourth-order valence-electron chi connectivity index (χ4n) is 2.95. The molecule has 1 saturated heterocycles. The van der Waals surface area contributed by atoms with Crippen LogP contribution < -0.4 is 0 Å². The Labute approximate surface area is 152 Å². The SMILES string of the molecule is CC1=C([C@H](O)C#CCO[Si](C)(C)C(C)(C)C)CCC[C@]12OCCS2. The summed E-state index contributed by atoms with van der Waals surface area (Å²) in [5.41, 5.74) is 2.24. The Morgan fingerprint density at radius 3 is 2.71 bits per heavy atom. The maximum atomic E-state index is 10.5. The summed E-state index contributed by atoms with van der Waals surface area (Å²) in [6.45, 7) is 14.4. The van der Waals surface area contributed by atoms with Gasteiger partial charge in [-0.1, -0.05) is 32.6 Å². The Bertz CT molecular complexity index is 545. The lowest BCUT2D eigenvalue weighted by molar-refractivity contribution is 0.0631. The van der Waals surface area contributed by atoms with E-state index in [1.807, 2.05) is 11.8 Å². The van der Waals surface area contributed by atoms with Gasteiger partial charge in [-0.2, -0.15) is 0 Å². The third-order valence-electron chi connectivity index (χ3n) is 5.64. The summed E-state index contributed by atoms with van der Waals surface area (Å²) >= 11 is 1.87. The van der Waals surface area contributed by atoms with E-state index in [1.54, 1.807) is 0 Å². The minimum absolute atomic E-state index is 0.180. The zero-order chi connectivity index (χ0) is 18.0. The molecule has 1 N–H and O–H groups in total. The molecule has 0 unspecified atom stereocenters. The largest absolute Gasteiger partial charge is 0.406 e. The number of aliphatic hydroxyl groups is 1. The van der Waals surface area contributed by atoms with Crippen LogP contribution in [-0.2, 0) is 9.16 Å². The topological polar surface area (TPSA) is 38.7 Å². The van der Waals surface area contributed by atoms with E-state index in [0.29, 0.717) is 6.61 Å². The molecule has 136 valence electrons. The van der Waals surface area contributed by atoms with Crippen LogP contribution in [0.5, 0.6) is 0 Å². The standard InChI is InChI=1S/C19H32O3SSi/c1-15-16(9-7-11-19(15)21-13-14-23-19)17(20)10-8-12-22-24(5,6)18(2,3)4/h17,20H,7,9,11-14H2,1-6H3/t17-,19-/m1/s1. The van der Waals surface area contributed by atoms with Gasteiger partial charge in [-0.25, -0.2) is 0 Å². The summed E-state index contributed by atoms with van der Waals surface area (Å²) in [6, 6.07) is 0. The average Bonchev–Trinajstić information content (AvgIpc) is 2.95. The molecule has 1 fully saturated rings. The number of hydrogen-bond acceptors (Lipinski definition) is 4. The highest BCUT2D eigenvalue weighted by Crippen LogP contribution is 2.48. The predicted molar refractivity (Wildman–Crippen MR) is 105 cm³/mol. The highest BCUT2D eigenvalue weighted by Gasteiger charge is 2.42. The van der Waals surface area contributed by atoms with Crippen molar-refractivity contribution < 1.29 is 14.3 Å². The molecule has 3 nitrogen and oxygen atoms in total. The highest BCUT2D eigenvalue weighted by molar-refractivity contribution is 8.00. The quantitative estimate of drug-likeness (QED) is 0.457. The van der Waals surface area contributed by atoms with Gasteiger partial charge in [-0.3, -0.25) is 0 Å². The molecule has 0 saturated carbocycles. The van der Waals surface area contributed by atoms with E-state index in [1.165, 1.54) is 5.57 Å². The van der Waals surface area contributed by atoms with Crippen molar-refractivity contribution >= 4 is 20.1 Å². The number of thioether (sulfide) groups is 1. The second-order valence-electron chi connectivity index (χ2n) is 8.23. The molecule has 5 heteroatoms. The first-order valence-electron chi connectivity index (χ1n) is 8.87. The maximum Gasteiger partial charge on any atom is 0.193 e. The van der Waals surface area contributed by atoms with Crippen molar-refractivity contribution in [3.8, 4) is 11.8 Å². The van der Waals surface area contributed by atoms with Crippen LogP contribution in [0.25, 0.3) is 0 Å². The molecule has 1 aliphatic carbocycles. The molecule has 0 aromatic rings. The van der Waals surface area contributed by atoms with Gasteiger partial charge in [0.25, 0.3) is 0 Å². The molecule has 24 heavy (non-hydrogen) atoms. The zero-order valence-electron chi connectivity index (χ0n) is 16.0. The van der Waals surface area contributed by atoms with Crippen molar-refractivity contribution in [1.29, 1.82) is 0 Å². The minimum Gasteiger partial charge on any atom is -0.406 e. The fourth-order valence-corrected chi connectivity index (χ4v) is 5.11. The molecule has 0 aromatic heterocycles. The molecule has 0 amide bonds.